The van der Waals surface area contributed by atoms with E-state index in [1.54, 1.807) is 36.4 Å². The van der Waals surface area contributed by atoms with Crippen LogP contribution in [0, 0.1) is 6.92 Å². The number of aryl methyl sites for hydroxylation is 1. The number of hydrogen-bond acceptors (Lipinski definition) is 5. The first kappa shape index (κ1) is 24.5. The van der Waals surface area contributed by atoms with Gasteiger partial charge in [0.25, 0.3) is 15.9 Å². The van der Waals surface area contributed by atoms with Crippen molar-refractivity contribution >= 4 is 44.6 Å². The molecular weight excluding hydrogens is 498 g/mol. The first-order chi connectivity index (χ1) is 17.3. The van der Waals surface area contributed by atoms with Gasteiger partial charge in [-0.3, -0.25) is 9.10 Å². The number of sulfonamides is 1. The normalized spacial score (nSPS) is 17.8. The Balaban J connectivity index is 1.38. The van der Waals surface area contributed by atoms with Crippen LogP contribution in [0.2, 0.25) is 5.02 Å². The third-order valence-electron chi connectivity index (χ3n) is 6.55. The highest BCUT2D eigenvalue weighted by atomic mass is 35.5. The standard InChI is InChI=1S/C27H28ClN3O4S/c1-19-5-12-23(13-6-19)36(33,34)31-18-26(35-25-14-7-20(28)17-24(25)31)27(32)29-21-8-10-22(11-9-21)30-15-3-2-4-16-30/h5-14,17,26H,2-4,15-16,18H2,1H3,(H,29,32)/t26-/m1/s1. The molecule has 3 aromatic carbocycles. The summed E-state index contributed by atoms with van der Waals surface area (Å²) in [6.07, 6.45) is 2.59. The number of hydrogen-bond donors (Lipinski definition) is 1. The van der Waals surface area contributed by atoms with E-state index in [1.165, 1.54) is 29.6 Å². The molecule has 0 radical (unpaired) electrons. The van der Waals surface area contributed by atoms with Gasteiger partial charge in [-0.15, -0.1) is 0 Å². The molecule has 2 aliphatic rings. The summed E-state index contributed by atoms with van der Waals surface area (Å²) in [5, 5.41) is 3.25. The van der Waals surface area contributed by atoms with Gasteiger partial charge in [0.2, 0.25) is 0 Å². The van der Waals surface area contributed by atoms with Gasteiger partial charge in [0.15, 0.2) is 6.10 Å². The van der Waals surface area contributed by atoms with E-state index in [4.69, 9.17) is 16.3 Å². The van der Waals surface area contributed by atoms with Crippen molar-refractivity contribution in [2.45, 2.75) is 37.2 Å². The Labute approximate surface area is 216 Å². The summed E-state index contributed by atoms with van der Waals surface area (Å²) >= 11 is 6.17. The van der Waals surface area contributed by atoms with Crippen molar-refractivity contribution < 1.29 is 17.9 Å². The molecule has 2 heterocycles. The second-order valence-corrected chi connectivity index (χ2v) is 11.5. The van der Waals surface area contributed by atoms with Crippen molar-refractivity contribution in [1.82, 2.24) is 0 Å². The Morgan fingerprint density at radius 1 is 0.972 bits per heavy atom. The maximum absolute atomic E-state index is 13.6. The SMILES string of the molecule is Cc1ccc(S(=O)(=O)N2C[C@H](C(=O)Nc3ccc(N4CCCCC4)cc3)Oc3ccc(Cl)cc32)cc1. The van der Waals surface area contributed by atoms with E-state index < -0.39 is 22.0 Å². The van der Waals surface area contributed by atoms with Gasteiger partial charge in [-0.05, 0) is 80.8 Å². The zero-order chi connectivity index (χ0) is 25.3. The van der Waals surface area contributed by atoms with Crippen LogP contribution in [0.3, 0.4) is 0 Å². The number of ether oxygens (including phenoxy) is 1. The number of carbonyl (C=O) groups is 1. The molecule has 0 spiro atoms. The van der Waals surface area contributed by atoms with Crippen molar-refractivity contribution in [3.63, 3.8) is 0 Å². The van der Waals surface area contributed by atoms with Crippen molar-refractivity contribution in [3.05, 3.63) is 77.3 Å². The van der Waals surface area contributed by atoms with Crippen LogP contribution < -0.4 is 19.3 Å². The van der Waals surface area contributed by atoms with Crippen molar-refractivity contribution in [2.75, 3.05) is 34.2 Å². The molecule has 0 aliphatic carbocycles. The van der Waals surface area contributed by atoms with Gasteiger partial charge in [0.1, 0.15) is 5.75 Å². The van der Waals surface area contributed by atoms with Crippen LogP contribution in [0.15, 0.2) is 71.6 Å². The van der Waals surface area contributed by atoms with E-state index in [1.807, 2.05) is 31.2 Å². The van der Waals surface area contributed by atoms with Crippen LogP contribution in [-0.2, 0) is 14.8 Å². The fourth-order valence-electron chi connectivity index (χ4n) is 4.56. The molecule has 188 valence electrons. The number of benzene rings is 3. The summed E-state index contributed by atoms with van der Waals surface area (Å²) in [6, 6.07) is 19.0. The summed E-state index contributed by atoms with van der Waals surface area (Å²) in [4.78, 5) is 15.7. The highest BCUT2D eigenvalue weighted by molar-refractivity contribution is 7.92. The van der Waals surface area contributed by atoms with Crippen LogP contribution in [0.4, 0.5) is 17.1 Å². The third-order valence-corrected chi connectivity index (χ3v) is 8.58. The Bertz CT molecular complexity index is 1350. The van der Waals surface area contributed by atoms with Gasteiger partial charge in [-0.2, -0.15) is 0 Å². The van der Waals surface area contributed by atoms with Crippen LogP contribution in [0.5, 0.6) is 5.75 Å². The number of halogens is 1. The van der Waals surface area contributed by atoms with Crippen LogP contribution in [0.1, 0.15) is 24.8 Å². The van der Waals surface area contributed by atoms with E-state index in [2.05, 4.69) is 10.2 Å². The first-order valence-corrected chi connectivity index (χ1v) is 13.8. The van der Waals surface area contributed by atoms with Crippen LogP contribution in [-0.4, -0.2) is 40.1 Å². The van der Waals surface area contributed by atoms with E-state index >= 15 is 0 Å². The zero-order valence-corrected chi connectivity index (χ0v) is 21.6. The van der Waals surface area contributed by atoms with Crippen molar-refractivity contribution in [3.8, 4) is 5.75 Å². The van der Waals surface area contributed by atoms with Gasteiger partial charge >= 0.3 is 0 Å². The molecule has 36 heavy (non-hydrogen) atoms. The molecule has 5 rings (SSSR count). The number of anilines is 3. The lowest BCUT2D eigenvalue weighted by atomic mass is 10.1. The average Bonchev–Trinajstić information content (AvgIpc) is 2.89. The minimum Gasteiger partial charge on any atom is -0.476 e. The highest BCUT2D eigenvalue weighted by Crippen LogP contribution is 2.39. The van der Waals surface area contributed by atoms with Crippen LogP contribution >= 0.6 is 11.6 Å². The predicted octanol–water partition coefficient (Wildman–Crippen LogP) is 5.23. The monoisotopic (exact) mass is 525 g/mol. The average molecular weight is 526 g/mol. The minimum absolute atomic E-state index is 0.133. The number of piperidine rings is 1. The summed E-state index contributed by atoms with van der Waals surface area (Å²) < 4.78 is 34.3. The third kappa shape index (κ3) is 5.01. The Morgan fingerprint density at radius 2 is 1.67 bits per heavy atom. The molecule has 0 saturated carbocycles. The van der Waals surface area contributed by atoms with Crippen molar-refractivity contribution in [2.24, 2.45) is 0 Å². The first-order valence-electron chi connectivity index (χ1n) is 12.0. The molecule has 0 bridgehead atoms. The second-order valence-electron chi connectivity index (χ2n) is 9.15. The maximum atomic E-state index is 13.6. The number of nitrogens with zero attached hydrogens (tertiary/aromatic N) is 2. The molecule has 1 N–H and O–H groups in total. The number of rotatable bonds is 5. The Morgan fingerprint density at radius 3 is 2.36 bits per heavy atom. The van der Waals surface area contributed by atoms with E-state index in [0.29, 0.717) is 16.4 Å². The molecule has 1 saturated heterocycles. The van der Waals surface area contributed by atoms with E-state index in [-0.39, 0.29) is 17.2 Å². The fourth-order valence-corrected chi connectivity index (χ4v) is 6.19. The second kappa shape index (κ2) is 10.0. The number of amides is 1. The molecule has 1 fully saturated rings. The summed E-state index contributed by atoms with van der Waals surface area (Å²) in [5.74, 6) is -0.146. The molecule has 1 amide bonds. The fraction of sp³-hybridized carbons (Fsp3) is 0.296. The molecule has 0 aromatic heterocycles. The number of fused-ring (bicyclic) bond motifs is 1. The molecule has 0 unspecified atom stereocenters. The van der Waals surface area contributed by atoms with Gasteiger partial charge in [-0.1, -0.05) is 29.3 Å². The van der Waals surface area contributed by atoms with Gasteiger partial charge < -0.3 is 15.0 Å². The zero-order valence-electron chi connectivity index (χ0n) is 20.0. The topological polar surface area (TPSA) is 79.0 Å². The lowest BCUT2D eigenvalue weighted by Crippen LogP contribution is -2.48. The Hall–Kier alpha value is -3.23. The summed E-state index contributed by atoms with van der Waals surface area (Å²) in [6.45, 7) is 3.79. The van der Waals surface area contributed by atoms with Gasteiger partial charge in [-0.25, -0.2) is 8.42 Å². The largest absolute Gasteiger partial charge is 0.476 e. The molecule has 9 heteroatoms. The molecule has 1 atom stereocenters. The lowest BCUT2D eigenvalue weighted by molar-refractivity contribution is -0.122. The molecule has 7 nitrogen and oxygen atoms in total. The van der Waals surface area contributed by atoms with E-state index in [9.17, 15) is 13.2 Å². The maximum Gasteiger partial charge on any atom is 0.267 e. The van der Waals surface area contributed by atoms with E-state index in [0.717, 1.165) is 24.3 Å². The smallest absolute Gasteiger partial charge is 0.267 e. The lowest BCUT2D eigenvalue weighted by Gasteiger charge is -2.35. The molecule has 3 aromatic rings. The van der Waals surface area contributed by atoms with Crippen LogP contribution in [0.25, 0.3) is 0 Å². The summed E-state index contributed by atoms with van der Waals surface area (Å²) in [5.41, 5.74) is 3.00. The Kier molecular flexibility index (Phi) is 6.81. The number of nitrogens with one attached hydrogen (secondary N) is 1. The predicted molar refractivity (Wildman–Crippen MR) is 143 cm³/mol. The van der Waals surface area contributed by atoms with Gasteiger partial charge in [0.05, 0.1) is 17.1 Å². The summed E-state index contributed by atoms with van der Waals surface area (Å²) in [7, 11) is -3.96. The van der Waals surface area contributed by atoms with Gasteiger partial charge in [0, 0.05) is 29.5 Å². The minimum atomic E-state index is -3.96. The number of carbonyl (C=O) groups excluding carboxylic acids is 1. The van der Waals surface area contributed by atoms with Crippen molar-refractivity contribution in [1.29, 1.82) is 0 Å². The molecular formula is C27H28ClN3O4S. The molecule has 2 aliphatic heterocycles. The highest BCUT2D eigenvalue weighted by Gasteiger charge is 2.37. The quantitative estimate of drug-likeness (QED) is 0.493.